The fourth-order valence-corrected chi connectivity index (χ4v) is 1.87. The number of nitrogens with one attached hydrogen (secondary N) is 2. The number of ether oxygens (including phenoxy) is 2. The summed E-state index contributed by atoms with van der Waals surface area (Å²) in [5.41, 5.74) is 5.67. The second kappa shape index (κ2) is 9.07. The van der Waals surface area contributed by atoms with Crippen LogP contribution < -0.4 is 15.6 Å². The molecule has 0 aliphatic heterocycles. The Kier molecular flexibility index (Phi) is 6.53. The predicted molar refractivity (Wildman–Crippen MR) is 89.7 cm³/mol. The Bertz CT molecular complexity index is 746. The molecule has 25 heavy (non-hydrogen) atoms. The van der Waals surface area contributed by atoms with Crippen molar-refractivity contribution >= 4 is 17.8 Å². The first-order chi connectivity index (χ1) is 12.1. The van der Waals surface area contributed by atoms with Crippen molar-refractivity contribution in [3.63, 3.8) is 0 Å². The van der Waals surface area contributed by atoms with Gasteiger partial charge in [-0.1, -0.05) is 36.4 Å². The average Bonchev–Trinajstić information content (AvgIpc) is 2.64. The number of esters is 1. The highest BCUT2D eigenvalue weighted by molar-refractivity contribution is 5.95. The first kappa shape index (κ1) is 18.0. The van der Waals surface area contributed by atoms with Crippen LogP contribution in [0.25, 0.3) is 0 Å². The summed E-state index contributed by atoms with van der Waals surface area (Å²) in [6.45, 7) is 1.02. The lowest BCUT2D eigenvalue weighted by Crippen LogP contribution is -2.43. The number of carbonyl (C=O) groups is 3. The Morgan fingerprint density at radius 1 is 0.880 bits per heavy atom. The lowest BCUT2D eigenvalue weighted by molar-refractivity contribution is -0.150. The number of aryl methyl sites for hydroxylation is 1. The van der Waals surface area contributed by atoms with Gasteiger partial charge in [0.25, 0.3) is 11.8 Å². The zero-order valence-corrected chi connectivity index (χ0v) is 13.7. The largest absolute Gasteiger partial charge is 0.482 e. The van der Waals surface area contributed by atoms with Crippen molar-refractivity contribution in [3.8, 4) is 5.75 Å². The van der Waals surface area contributed by atoms with Crippen LogP contribution in [0.3, 0.4) is 0 Å². The zero-order chi connectivity index (χ0) is 18.1. The van der Waals surface area contributed by atoms with Gasteiger partial charge in [0.05, 0.1) is 0 Å². The van der Waals surface area contributed by atoms with Gasteiger partial charge in [-0.2, -0.15) is 0 Å². The molecule has 2 amide bonds. The smallest absolute Gasteiger partial charge is 0.344 e. The fourth-order valence-electron chi connectivity index (χ4n) is 1.87. The van der Waals surface area contributed by atoms with Gasteiger partial charge in [0.15, 0.2) is 13.2 Å². The van der Waals surface area contributed by atoms with E-state index in [1.165, 1.54) is 0 Å². The molecule has 0 radical (unpaired) electrons. The van der Waals surface area contributed by atoms with Crippen LogP contribution >= 0.6 is 0 Å². The van der Waals surface area contributed by atoms with Gasteiger partial charge in [-0.15, -0.1) is 0 Å². The van der Waals surface area contributed by atoms with E-state index in [9.17, 15) is 14.4 Å². The van der Waals surface area contributed by atoms with E-state index >= 15 is 0 Å². The summed E-state index contributed by atoms with van der Waals surface area (Å²) in [6, 6.07) is 15.6. The Morgan fingerprint density at radius 3 is 2.28 bits per heavy atom. The summed E-state index contributed by atoms with van der Waals surface area (Å²) in [7, 11) is 0. The van der Waals surface area contributed by atoms with Crippen molar-refractivity contribution in [2.24, 2.45) is 0 Å². The minimum atomic E-state index is -0.687. The topological polar surface area (TPSA) is 93.7 Å². The number of hydrogen-bond acceptors (Lipinski definition) is 5. The molecular formula is C18H18N2O5. The fraction of sp³-hybridized carbons (Fsp3) is 0.167. The number of rotatable bonds is 6. The van der Waals surface area contributed by atoms with Gasteiger partial charge in [-0.05, 0) is 30.7 Å². The molecule has 2 aromatic carbocycles. The monoisotopic (exact) mass is 342 g/mol. The maximum Gasteiger partial charge on any atom is 0.344 e. The van der Waals surface area contributed by atoms with Gasteiger partial charge >= 0.3 is 5.97 Å². The van der Waals surface area contributed by atoms with E-state index in [2.05, 4.69) is 10.9 Å². The van der Waals surface area contributed by atoms with Crippen LogP contribution in [0.4, 0.5) is 0 Å². The van der Waals surface area contributed by atoms with Crippen LogP contribution in [0.5, 0.6) is 5.75 Å². The van der Waals surface area contributed by atoms with Crippen LogP contribution in [0.1, 0.15) is 15.9 Å². The van der Waals surface area contributed by atoms with Crippen molar-refractivity contribution in [2.45, 2.75) is 6.92 Å². The molecule has 2 aromatic rings. The lowest BCUT2D eigenvalue weighted by Gasteiger charge is -2.10. The number of amides is 2. The molecule has 0 aromatic heterocycles. The van der Waals surface area contributed by atoms with E-state index in [4.69, 9.17) is 9.47 Å². The maximum absolute atomic E-state index is 11.7. The molecule has 7 nitrogen and oxygen atoms in total. The van der Waals surface area contributed by atoms with E-state index in [1.54, 1.807) is 42.5 Å². The van der Waals surface area contributed by atoms with E-state index in [-0.39, 0.29) is 6.61 Å². The first-order valence-electron chi connectivity index (χ1n) is 7.54. The van der Waals surface area contributed by atoms with Crippen molar-refractivity contribution in [3.05, 3.63) is 65.7 Å². The van der Waals surface area contributed by atoms with Crippen molar-refractivity contribution in [1.82, 2.24) is 10.9 Å². The number of carbonyl (C=O) groups excluding carboxylic acids is 3. The van der Waals surface area contributed by atoms with Crippen molar-refractivity contribution < 1.29 is 23.9 Å². The van der Waals surface area contributed by atoms with Crippen molar-refractivity contribution in [2.75, 3.05) is 13.2 Å². The van der Waals surface area contributed by atoms with Crippen LogP contribution in [-0.4, -0.2) is 31.0 Å². The SMILES string of the molecule is Cc1ccccc1OCC(=O)OCC(=O)NNC(=O)c1ccccc1. The Hall–Kier alpha value is -3.35. The molecule has 0 saturated carbocycles. The molecule has 0 saturated heterocycles. The Balaban J connectivity index is 1.66. The summed E-state index contributed by atoms with van der Waals surface area (Å²) in [5.74, 6) is -1.25. The predicted octanol–water partition coefficient (Wildman–Crippen LogP) is 1.38. The third kappa shape index (κ3) is 5.98. The van der Waals surface area contributed by atoms with Crippen LogP contribution in [0.15, 0.2) is 54.6 Å². The summed E-state index contributed by atoms with van der Waals surface area (Å²) < 4.78 is 10.1. The third-order valence-corrected chi connectivity index (χ3v) is 3.15. The van der Waals surface area contributed by atoms with E-state index in [0.717, 1.165) is 5.56 Å². The normalized spacial score (nSPS) is 9.80. The highest BCUT2D eigenvalue weighted by Gasteiger charge is 2.10. The van der Waals surface area contributed by atoms with Crippen LogP contribution in [0.2, 0.25) is 0 Å². The van der Waals surface area contributed by atoms with Gasteiger partial charge in [-0.3, -0.25) is 20.4 Å². The molecule has 0 fully saturated rings. The number of hydrazine groups is 1. The van der Waals surface area contributed by atoms with Gasteiger partial charge < -0.3 is 9.47 Å². The highest BCUT2D eigenvalue weighted by atomic mass is 16.6. The first-order valence-corrected chi connectivity index (χ1v) is 7.54. The summed E-state index contributed by atoms with van der Waals surface area (Å²) in [4.78, 5) is 34.9. The molecule has 130 valence electrons. The van der Waals surface area contributed by atoms with Crippen molar-refractivity contribution in [1.29, 1.82) is 0 Å². The summed E-state index contributed by atoms with van der Waals surface area (Å²) >= 11 is 0. The molecule has 2 rings (SSSR count). The molecule has 0 atom stereocenters. The molecule has 0 spiro atoms. The third-order valence-electron chi connectivity index (χ3n) is 3.15. The molecular weight excluding hydrogens is 324 g/mol. The highest BCUT2D eigenvalue weighted by Crippen LogP contribution is 2.15. The lowest BCUT2D eigenvalue weighted by atomic mass is 10.2. The van der Waals surface area contributed by atoms with Gasteiger partial charge in [0.1, 0.15) is 5.75 Å². The van der Waals surface area contributed by atoms with E-state index in [0.29, 0.717) is 11.3 Å². The van der Waals surface area contributed by atoms with Crippen LogP contribution in [0, 0.1) is 6.92 Å². The average molecular weight is 342 g/mol. The minimum absolute atomic E-state index is 0.311. The Labute approximate surface area is 144 Å². The maximum atomic E-state index is 11.7. The summed E-state index contributed by atoms with van der Waals surface area (Å²) in [5, 5.41) is 0. The zero-order valence-electron chi connectivity index (χ0n) is 13.7. The van der Waals surface area contributed by atoms with E-state index < -0.39 is 24.4 Å². The molecule has 0 aliphatic rings. The molecule has 7 heteroatoms. The number of para-hydroxylation sites is 1. The molecule has 0 unspecified atom stereocenters. The molecule has 2 N–H and O–H groups in total. The second-order valence-corrected chi connectivity index (χ2v) is 5.08. The quantitative estimate of drug-likeness (QED) is 0.611. The van der Waals surface area contributed by atoms with Gasteiger partial charge in [0.2, 0.25) is 0 Å². The molecule has 0 bridgehead atoms. The molecule has 0 aliphatic carbocycles. The van der Waals surface area contributed by atoms with Gasteiger partial charge in [-0.25, -0.2) is 4.79 Å². The number of hydrogen-bond donors (Lipinski definition) is 2. The van der Waals surface area contributed by atoms with Crippen LogP contribution in [-0.2, 0) is 14.3 Å². The van der Waals surface area contributed by atoms with Gasteiger partial charge in [0, 0.05) is 5.56 Å². The summed E-state index contributed by atoms with van der Waals surface area (Å²) in [6.07, 6.45) is 0. The second-order valence-electron chi connectivity index (χ2n) is 5.08. The standard InChI is InChI=1S/C18H18N2O5/c1-13-7-5-6-10-15(13)24-12-17(22)25-11-16(21)19-20-18(23)14-8-3-2-4-9-14/h2-10H,11-12H2,1H3,(H,19,21)(H,20,23). The number of benzene rings is 2. The molecule has 0 heterocycles. The Morgan fingerprint density at radius 2 is 1.56 bits per heavy atom. The minimum Gasteiger partial charge on any atom is -0.482 e. The van der Waals surface area contributed by atoms with E-state index in [1.807, 2.05) is 19.1 Å².